The topological polar surface area (TPSA) is 83.6 Å². The Hall–Kier alpha value is -2.70. The number of aliphatic hydroxyl groups is 1. The van der Waals surface area contributed by atoms with Crippen LogP contribution in [0.15, 0.2) is 58.9 Å². The maximum Gasteiger partial charge on any atom is 0.227 e. The molecule has 6 heteroatoms. The number of Topliss-reactive ketones (excluding diaryl/α,β-unsaturated/α-hetero) is 1. The molecule has 1 aromatic carbocycles. The van der Waals surface area contributed by atoms with Gasteiger partial charge in [0, 0.05) is 30.5 Å². The van der Waals surface area contributed by atoms with E-state index in [1.165, 1.54) is 5.57 Å². The minimum atomic E-state index is -0.605. The number of aryl methyl sites for hydroxylation is 1. The van der Waals surface area contributed by atoms with Gasteiger partial charge in [-0.2, -0.15) is 0 Å². The Labute approximate surface area is 183 Å². The predicted molar refractivity (Wildman–Crippen MR) is 119 cm³/mol. The Balaban J connectivity index is 1.26. The predicted octanol–water partition coefficient (Wildman–Crippen LogP) is 2.33. The second-order valence-electron chi connectivity index (χ2n) is 8.84. The number of benzene rings is 1. The lowest BCUT2D eigenvalue weighted by atomic mass is 9.84. The minimum absolute atomic E-state index is 0.0589. The molecule has 4 rings (SSSR count). The second-order valence-corrected chi connectivity index (χ2v) is 8.84. The van der Waals surface area contributed by atoms with Crippen molar-refractivity contribution >= 4 is 12.0 Å². The van der Waals surface area contributed by atoms with Crippen LogP contribution in [0.1, 0.15) is 38.2 Å². The summed E-state index contributed by atoms with van der Waals surface area (Å²) in [5.41, 5.74) is 3.13. The largest absolute Gasteiger partial charge is 0.504 e. The smallest absolute Gasteiger partial charge is 0.227 e. The Bertz CT molecular complexity index is 947. The molecule has 6 nitrogen and oxygen atoms in total. The Morgan fingerprint density at radius 2 is 2.19 bits per heavy atom. The van der Waals surface area contributed by atoms with Gasteiger partial charge in [0.1, 0.15) is 24.2 Å². The molecule has 0 spiro atoms. The van der Waals surface area contributed by atoms with E-state index in [4.69, 9.17) is 4.74 Å². The summed E-state index contributed by atoms with van der Waals surface area (Å²) in [6, 6.07) is 5.22. The van der Waals surface area contributed by atoms with Crippen molar-refractivity contribution in [2.75, 3.05) is 13.3 Å². The van der Waals surface area contributed by atoms with Crippen LogP contribution in [-0.2, 0) is 11.2 Å². The Morgan fingerprint density at radius 1 is 1.32 bits per heavy atom. The summed E-state index contributed by atoms with van der Waals surface area (Å²) in [6.45, 7) is 3.38. The highest BCUT2D eigenvalue weighted by Gasteiger charge is 2.25. The average Bonchev–Trinajstić information content (AvgIpc) is 3.34. The minimum Gasteiger partial charge on any atom is -0.504 e. The monoisotopic (exact) mass is 423 g/mol. The first-order valence-electron chi connectivity index (χ1n) is 11.1. The maximum absolute atomic E-state index is 12.4. The number of nitrogens with zero attached hydrogens (tertiary/aromatic N) is 1. The van der Waals surface area contributed by atoms with Gasteiger partial charge in [0.25, 0.3) is 0 Å². The fourth-order valence-electron chi connectivity index (χ4n) is 4.31. The molecule has 1 aliphatic carbocycles. The van der Waals surface area contributed by atoms with E-state index in [-0.39, 0.29) is 23.9 Å². The van der Waals surface area contributed by atoms with Gasteiger partial charge >= 0.3 is 0 Å². The van der Waals surface area contributed by atoms with Crippen molar-refractivity contribution < 1.29 is 24.6 Å². The average molecular weight is 424 g/mol. The van der Waals surface area contributed by atoms with Crippen LogP contribution in [0.25, 0.3) is 0 Å². The highest BCUT2D eigenvalue weighted by atomic mass is 16.5. The van der Waals surface area contributed by atoms with Gasteiger partial charge in [0.15, 0.2) is 11.5 Å². The third-order valence-corrected chi connectivity index (χ3v) is 6.28. The Morgan fingerprint density at radius 3 is 2.97 bits per heavy atom. The molecule has 0 bridgehead atoms. The molecular formula is C25H31N2O4+. The maximum atomic E-state index is 12.4. The lowest BCUT2D eigenvalue weighted by molar-refractivity contribution is -0.854. The van der Waals surface area contributed by atoms with E-state index < -0.39 is 6.10 Å². The van der Waals surface area contributed by atoms with Crippen LogP contribution < -0.4 is 9.64 Å². The zero-order chi connectivity index (χ0) is 21.8. The number of quaternary nitrogens is 1. The lowest BCUT2D eigenvalue weighted by Gasteiger charge is -2.24. The third kappa shape index (κ3) is 5.51. The molecular weight excluding hydrogens is 392 g/mol. The summed E-state index contributed by atoms with van der Waals surface area (Å²) in [7, 11) is 0. The van der Waals surface area contributed by atoms with E-state index in [0.717, 1.165) is 35.5 Å². The van der Waals surface area contributed by atoms with Crippen molar-refractivity contribution in [1.29, 1.82) is 0 Å². The zero-order valence-corrected chi connectivity index (χ0v) is 18.0. The summed E-state index contributed by atoms with van der Waals surface area (Å²) in [5.74, 6) is 1.21. The van der Waals surface area contributed by atoms with Crippen molar-refractivity contribution in [2.24, 2.45) is 16.8 Å². The molecule has 31 heavy (non-hydrogen) atoms. The molecule has 0 saturated carbocycles. The number of aliphatic hydroxyl groups excluding tert-OH is 1. The number of nitrogens with one attached hydrogen (secondary N) is 1. The summed E-state index contributed by atoms with van der Waals surface area (Å²) >= 11 is 0. The quantitative estimate of drug-likeness (QED) is 0.533. The molecule has 2 heterocycles. The molecule has 1 aromatic rings. The first-order chi connectivity index (χ1) is 15.0. The van der Waals surface area contributed by atoms with Gasteiger partial charge in [-0.15, -0.1) is 0 Å². The molecule has 4 atom stereocenters. The van der Waals surface area contributed by atoms with Gasteiger partial charge in [0.2, 0.25) is 6.73 Å². The fourth-order valence-corrected chi connectivity index (χ4v) is 4.31. The number of phenols is 1. The molecule has 4 unspecified atom stereocenters. The van der Waals surface area contributed by atoms with E-state index in [1.54, 1.807) is 18.3 Å². The summed E-state index contributed by atoms with van der Waals surface area (Å²) < 4.78 is 5.84. The fraction of sp³-hybridized carbons (Fsp3) is 0.440. The number of carbonyl (C=O) groups excluding carboxylic acids is 1. The zero-order valence-electron chi connectivity index (χ0n) is 18.0. The van der Waals surface area contributed by atoms with Crippen molar-refractivity contribution in [3.05, 3.63) is 59.5 Å². The summed E-state index contributed by atoms with van der Waals surface area (Å²) in [4.78, 5) is 17.8. The van der Waals surface area contributed by atoms with Gasteiger partial charge < -0.3 is 14.9 Å². The van der Waals surface area contributed by atoms with Gasteiger partial charge in [-0.3, -0.25) is 14.7 Å². The van der Waals surface area contributed by atoms with Gasteiger partial charge in [-0.25, -0.2) is 0 Å². The van der Waals surface area contributed by atoms with Crippen LogP contribution in [0.4, 0.5) is 0 Å². The molecule has 3 aliphatic rings. The number of ether oxygens (including phenoxy) is 1. The third-order valence-electron chi connectivity index (χ3n) is 6.28. The molecule has 0 saturated heterocycles. The number of rotatable bonds is 9. The van der Waals surface area contributed by atoms with E-state index in [0.29, 0.717) is 31.2 Å². The SMILES string of the molecule is CC1C=CC(C(O)CC(=O)CCc2ccc(O)c(OC[NH+]3C=C4N=CC=C4C3)c2)CC1. The first kappa shape index (κ1) is 21.5. The highest BCUT2D eigenvalue weighted by Crippen LogP contribution is 2.28. The van der Waals surface area contributed by atoms with Crippen molar-refractivity contribution in [1.82, 2.24) is 0 Å². The molecule has 0 radical (unpaired) electrons. The summed E-state index contributed by atoms with van der Waals surface area (Å²) in [5, 5.41) is 20.5. The number of hydrogen-bond acceptors (Lipinski definition) is 5. The normalized spacial score (nSPS) is 25.2. The molecule has 0 amide bonds. The van der Waals surface area contributed by atoms with Crippen molar-refractivity contribution in [2.45, 2.75) is 45.1 Å². The van der Waals surface area contributed by atoms with Gasteiger partial charge in [0.05, 0.1) is 6.10 Å². The second kappa shape index (κ2) is 9.62. The summed E-state index contributed by atoms with van der Waals surface area (Å²) in [6.07, 6.45) is 12.5. The number of aliphatic imine (C=N–C) groups is 1. The van der Waals surface area contributed by atoms with E-state index >= 15 is 0 Å². The molecule has 2 aliphatic heterocycles. The first-order valence-corrected chi connectivity index (χ1v) is 11.1. The molecule has 0 aromatic heterocycles. The van der Waals surface area contributed by atoms with Gasteiger partial charge in [-0.1, -0.05) is 25.1 Å². The number of aromatic hydroxyl groups is 1. The number of phenolic OH excluding ortho intramolecular Hbond substituents is 1. The molecule has 164 valence electrons. The number of ketones is 1. The lowest BCUT2D eigenvalue weighted by Crippen LogP contribution is -3.07. The van der Waals surface area contributed by atoms with Gasteiger partial charge in [-0.05, 0) is 49.0 Å². The number of allylic oxidation sites excluding steroid dienone is 2. The molecule has 0 fully saturated rings. The Kier molecular flexibility index (Phi) is 6.68. The number of fused-ring (bicyclic) bond motifs is 1. The molecule has 3 N–H and O–H groups in total. The van der Waals surface area contributed by atoms with Crippen LogP contribution >= 0.6 is 0 Å². The number of carbonyl (C=O) groups is 1. The van der Waals surface area contributed by atoms with E-state index in [9.17, 15) is 15.0 Å². The number of hydrogen-bond donors (Lipinski definition) is 3. The van der Waals surface area contributed by atoms with E-state index in [2.05, 4.69) is 24.1 Å². The van der Waals surface area contributed by atoms with Crippen LogP contribution in [0.5, 0.6) is 11.5 Å². The van der Waals surface area contributed by atoms with Crippen LogP contribution in [0.3, 0.4) is 0 Å². The van der Waals surface area contributed by atoms with Crippen LogP contribution in [-0.4, -0.2) is 41.6 Å². The van der Waals surface area contributed by atoms with Crippen molar-refractivity contribution in [3.63, 3.8) is 0 Å². The van der Waals surface area contributed by atoms with Crippen LogP contribution in [0, 0.1) is 11.8 Å². The van der Waals surface area contributed by atoms with Crippen molar-refractivity contribution in [3.8, 4) is 11.5 Å². The standard InChI is InChI=1S/C25H30N2O4/c1-17-2-6-19(7-3-17)24(30)13-21(28)8-4-18-5-9-23(29)25(12-18)31-16-27-14-20-10-11-26-22(20)15-27/h2,5-6,9-12,15,17,19,24,29-30H,3-4,7-8,13-14,16H2,1H3/p+1. The van der Waals surface area contributed by atoms with Crippen LogP contribution in [0.2, 0.25) is 0 Å². The van der Waals surface area contributed by atoms with E-state index in [1.807, 2.05) is 18.3 Å². The highest BCUT2D eigenvalue weighted by molar-refractivity contribution is 5.80.